The van der Waals surface area contributed by atoms with Gasteiger partial charge < -0.3 is 0 Å². The first-order valence-corrected chi connectivity index (χ1v) is 12.5. The first kappa shape index (κ1) is 25.4. The number of carbonyl (C=O) groups excluding carboxylic acids is 3. The number of nitrogens with zero attached hydrogens (tertiary/aromatic N) is 4. The average molecular weight is 543 g/mol. The molecular formula is C29H20Cl2N4O3. The smallest absolute Gasteiger partial charge is 0.278 e. The summed E-state index contributed by atoms with van der Waals surface area (Å²) in [6, 6.07) is 17.8. The lowest BCUT2D eigenvalue weighted by Crippen LogP contribution is -2.30. The van der Waals surface area contributed by atoms with Gasteiger partial charge in [-0.2, -0.15) is 0 Å². The van der Waals surface area contributed by atoms with Crippen molar-refractivity contribution >= 4 is 46.5 Å². The van der Waals surface area contributed by atoms with Crippen LogP contribution in [0.3, 0.4) is 0 Å². The number of aromatic nitrogens is 3. The topological polar surface area (TPSA) is 93.1 Å². The Bertz CT molecular complexity index is 1580. The van der Waals surface area contributed by atoms with Gasteiger partial charge in [0.2, 0.25) is 0 Å². The van der Waals surface area contributed by atoms with E-state index in [0.29, 0.717) is 17.8 Å². The van der Waals surface area contributed by atoms with Crippen molar-refractivity contribution in [2.24, 2.45) is 0 Å². The maximum absolute atomic E-state index is 13.0. The molecular weight excluding hydrogens is 523 g/mol. The van der Waals surface area contributed by atoms with Crippen LogP contribution < -0.4 is 4.90 Å². The molecule has 0 radical (unpaired) electrons. The van der Waals surface area contributed by atoms with E-state index < -0.39 is 11.8 Å². The summed E-state index contributed by atoms with van der Waals surface area (Å²) >= 11 is 11.6. The quantitative estimate of drug-likeness (QED) is 0.228. The third-order valence-corrected chi connectivity index (χ3v) is 7.01. The number of benzene rings is 2. The summed E-state index contributed by atoms with van der Waals surface area (Å²) in [5.41, 5.74) is 5.42. The number of carbonyl (C=O) groups is 3. The highest BCUT2D eigenvalue weighted by molar-refractivity contribution is 6.62. The molecule has 0 unspecified atom stereocenters. The number of amides is 2. The molecule has 5 rings (SSSR count). The molecule has 38 heavy (non-hydrogen) atoms. The van der Waals surface area contributed by atoms with Crippen molar-refractivity contribution in [1.82, 2.24) is 15.0 Å². The van der Waals surface area contributed by atoms with Crippen LogP contribution in [0.5, 0.6) is 0 Å². The summed E-state index contributed by atoms with van der Waals surface area (Å²) in [7, 11) is 0. The van der Waals surface area contributed by atoms with Crippen LogP contribution in [0.25, 0.3) is 11.3 Å². The summed E-state index contributed by atoms with van der Waals surface area (Å²) in [6.45, 7) is 2.01. The van der Waals surface area contributed by atoms with E-state index in [4.69, 9.17) is 23.2 Å². The molecule has 2 aromatic heterocycles. The van der Waals surface area contributed by atoms with E-state index in [1.54, 1.807) is 30.7 Å². The normalized spacial score (nSPS) is 13.4. The van der Waals surface area contributed by atoms with Gasteiger partial charge in [-0.25, -0.2) is 14.9 Å². The van der Waals surface area contributed by atoms with Gasteiger partial charge in [0, 0.05) is 42.6 Å². The minimum atomic E-state index is -0.692. The maximum atomic E-state index is 13.0. The zero-order chi connectivity index (χ0) is 26.8. The van der Waals surface area contributed by atoms with E-state index in [0.717, 1.165) is 32.8 Å². The van der Waals surface area contributed by atoms with Gasteiger partial charge in [-0.15, -0.1) is 0 Å². The number of halogens is 2. The monoisotopic (exact) mass is 542 g/mol. The van der Waals surface area contributed by atoms with Crippen molar-refractivity contribution in [3.8, 4) is 11.3 Å². The molecule has 4 aromatic rings. The fourth-order valence-corrected chi connectivity index (χ4v) is 4.48. The van der Waals surface area contributed by atoms with Gasteiger partial charge in [-0.05, 0) is 66.1 Å². The summed E-state index contributed by atoms with van der Waals surface area (Å²) in [5, 5.41) is -0.637. The Hall–Kier alpha value is -4.20. The van der Waals surface area contributed by atoms with Crippen molar-refractivity contribution in [1.29, 1.82) is 0 Å². The van der Waals surface area contributed by atoms with Gasteiger partial charge in [-0.3, -0.25) is 19.4 Å². The fraction of sp³-hybridized carbons (Fsp3) is 0.103. The molecule has 0 saturated carbocycles. The molecule has 7 nitrogen and oxygen atoms in total. The molecule has 0 bridgehead atoms. The van der Waals surface area contributed by atoms with Crippen LogP contribution in [-0.2, 0) is 22.4 Å². The van der Waals surface area contributed by atoms with Gasteiger partial charge in [0.25, 0.3) is 11.8 Å². The molecule has 1 aliphatic rings. The van der Waals surface area contributed by atoms with Crippen LogP contribution in [-0.4, -0.2) is 32.5 Å². The Morgan fingerprint density at radius 3 is 2.34 bits per heavy atom. The van der Waals surface area contributed by atoms with Crippen molar-refractivity contribution in [3.05, 3.63) is 117 Å². The highest BCUT2D eigenvalue weighted by Gasteiger charge is 2.37. The summed E-state index contributed by atoms with van der Waals surface area (Å²) in [5.74, 6) is -0.811. The lowest BCUT2D eigenvalue weighted by atomic mass is 9.97. The molecule has 0 N–H and O–H groups in total. The molecule has 3 heterocycles. The van der Waals surface area contributed by atoms with Crippen molar-refractivity contribution in [2.45, 2.75) is 19.8 Å². The molecule has 0 fully saturated rings. The number of Topliss-reactive ketones (excluding diaryl/α,β-unsaturated/α-hetero) is 1. The lowest BCUT2D eigenvalue weighted by molar-refractivity contribution is -0.120. The van der Waals surface area contributed by atoms with E-state index in [1.165, 1.54) is 12.1 Å². The van der Waals surface area contributed by atoms with E-state index in [9.17, 15) is 14.4 Å². The largest absolute Gasteiger partial charge is 0.294 e. The number of aryl methyl sites for hydroxylation is 1. The third-order valence-electron chi connectivity index (χ3n) is 6.21. The van der Waals surface area contributed by atoms with Gasteiger partial charge >= 0.3 is 0 Å². The number of pyridine rings is 1. The second-order valence-corrected chi connectivity index (χ2v) is 9.51. The lowest BCUT2D eigenvalue weighted by Gasteiger charge is -2.14. The molecule has 2 aromatic carbocycles. The molecule has 188 valence electrons. The highest BCUT2D eigenvalue weighted by Crippen LogP contribution is 2.31. The predicted molar refractivity (Wildman–Crippen MR) is 145 cm³/mol. The van der Waals surface area contributed by atoms with E-state index in [-0.39, 0.29) is 28.0 Å². The Labute approximate surface area is 228 Å². The van der Waals surface area contributed by atoms with Crippen LogP contribution in [0.1, 0.15) is 32.9 Å². The standard InChI is InChI=1S/C29H20Cl2N4O3/c1-17-4-5-18(13-21(17)15-25-33-12-10-23(34-25)20-3-2-11-32-16-20)14-24(36)19-6-8-22(9-7-19)35-28(37)26(30)27(31)29(35)38/h2-13,16H,14-15H2,1H3. The highest BCUT2D eigenvalue weighted by atomic mass is 35.5. The maximum Gasteiger partial charge on any atom is 0.278 e. The molecule has 1 aliphatic heterocycles. The minimum Gasteiger partial charge on any atom is -0.294 e. The third kappa shape index (κ3) is 5.11. The number of rotatable bonds is 7. The minimum absolute atomic E-state index is 0.102. The number of imide groups is 1. The number of anilines is 1. The number of hydrogen-bond acceptors (Lipinski definition) is 6. The summed E-state index contributed by atoms with van der Waals surface area (Å²) in [6.07, 6.45) is 5.92. The van der Waals surface area contributed by atoms with Gasteiger partial charge in [0.05, 0.1) is 11.4 Å². The first-order chi connectivity index (χ1) is 18.3. The van der Waals surface area contributed by atoms with Crippen LogP contribution in [0.2, 0.25) is 0 Å². The second kappa shape index (κ2) is 10.7. The molecule has 0 saturated heterocycles. The van der Waals surface area contributed by atoms with E-state index in [1.807, 2.05) is 43.3 Å². The van der Waals surface area contributed by atoms with E-state index in [2.05, 4.69) is 15.0 Å². The Morgan fingerprint density at radius 1 is 0.921 bits per heavy atom. The zero-order valence-corrected chi connectivity index (χ0v) is 21.7. The van der Waals surface area contributed by atoms with Gasteiger partial charge in [-0.1, -0.05) is 41.4 Å². The van der Waals surface area contributed by atoms with Crippen LogP contribution in [0.4, 0.5) is 5.69 Å². The van der Waals surface area contributed by atoms with Gasteiger partial charge in [0.15, 0.2) is 5.78 Å². The Kier molecular flexibility index (Phi) is 7.13. The molecule has 2 amide bonds. The average Bonchev–Trinajstić information content (AvgIpc) is 3.13. The first-order valence-electron chi connectivity index (χ1n) is 11.7. The molecule has 0 spiro atoms. The second-order valence-electron chi connectivity index (χ2n) is 8.76. The van der Waals surface area contributed by atoms with Crippen molar-refractivity contribution < 1.29 is 14.4 Å². The molecule has 0 atom stereocenters. The Morgan fingerprint density at radius 2 is 1.66 bits per heavy atom. The van der Waals surface area contributed by atoms with E-state index >= 15 is 0 Å². The van der Waals surface area contributed by atoms with Gasteiger partial charge in [0.1, 0.15) is 15.9 Å². The molecule has 0 aliphatic carbocycles. The number of ketones is 1. The van der Waals surface area contributed by atoms with Crippen LogP contribution in [0.15, 0.2) is 89.3 Å². The Balaban J connectivity index is 1.30. The number of hydrogen-bond donors (Lipinski definition) is 0. The summed E-state index contributed by atoms with van der Waals surface area (Å²) < 4.78 is 0. The van der Waals surface area contributed by atoms with Crippen LogP contribution >= 0.6 is 23.2 Å². The molecule has 9 heteroatoms. The predicted octanol–water partition coefficient (Wildman–Crippen LogP) is 5.43. The fourth-order valence-electron chi connectivity index (χ4n) is 4.15. The summed E-state index contributed by atoms with van der Waals surface area (Å²) in [4.78, 5) is 51.6. The van der Waals surface area contributed by atoms with Crippen LogP contribution in [0, 0.1) is 6.92 Å². The SMILES string of the molecule is Cc1ccc(CC(=O)c2ccc(N3C(=O)C(Cl)=C(Cl)C3=O)cc2)cc1Cc1nccc(-c2cccnc2)n1. The van der Waals surface area contributed by atoms with Crippen molar-refractivity contribution in [2.75, 3.05) is 4.90 Å². The van der Waals surface area contributed by atoms with Crippen molar-refractivity contribution in [3.63, 3.8) is 0 Å². The zero-order valence-electron chi connectivity index (χ0n) is 20.2.